The molecule has 0 saturated carbocycles. The lowest BCUT2D eigenvalue weighted by Crippen LogP contribution is -2.25. The van der Waals surface area contributed by atoms with Crippen LogP contribution in [0.4, 0.5) is 0 Å². The summed E-state index contributed by atoms with van der Waals surface area (Å²) in [6.07, 6.45) is 0.960. The highest BCUT2D eigenvalue weighted by Gasteiger charge is 2.23. The van der Waals surface area contributed by atoms with Crippen molar-refractivity contribution in [2.75, 3.05) is 6.61 Å². The number of hydrogen-bond donors (Lipinski definition) is 1. The van der Waals surface area contributed by atoms with Gasteiger partial charge in [0.05, 0.1) is 0 Å². The van der Waals surface area contributed by atoms with Gasteiger partial charge in [-0.1, -0.05) is 50.6 Å². The van der Waals surface area contributed by atoms with E-state index in [4.69, 9.17) is 0 Å². The largest absolute Gasteiger partial charge is 0.396 e. The smallest absolute Gasteiger partial charge is 0.0467 e. The monoisotopic (exact) mass is 206 g/mol. The summed E-state index contributed by atoms with van der Waals surface area (Å²) in [7, 11) is 0. The van der Waals surface area contributed by atoms with Crippen LogP contribution in [-0.4, -0.2) is 11.7 Å². The number of aliphatic hydroxyl groups excluding tert-OH is 1. The second kappa shape index (κ2) is 4.80. The molecule has 0 aliphatic heterocycles. The minimum Gasteiger partial charge on any atom is -0.396 e. The Hall–Kier alpha value is -0.820. The van der Waals surface area contributed by atoms with Crippen molar-refractivity contribution >= 4 is 0 Å². The maximum absolute atomic E-state index is 9.39. The first kappa shape index (κ1) is 12.3. The molecule has 1 nitrogen and oxygen atoms in total. The zero-order valence-electron chi connectivity index (χ0n) is 10.2. The van der Waals surface area contributed by atoms with E-state index >= 15 is 0 Å². The Morgan fingerprint density at radius 1 is 1.27 bits per heavy atom. The molecule has 1 atom stereocenters. The lowest BCUT2D eigenvalue weighted by atomic mass is 9.77. The molecule has 15 heavy (non-hydrogen) atoms. The van der Waals surface area contributed by atoms with Crippen molar-refractivity contribution in [3.05, 3.63) is 35.4 Å². The summed E-state index contributed by atoms with van der Waals surface area (Å²) in [5, 5.41) is 9.39. The maximum Gasteiger partial charge on any atom is 0.0467 e. The van der Waals surface area contributed by atoms with E-state index in [1.54, 1.807) is 0 Å². The molecule has 0 amide bonds. The maximum atomic E-state index is 9.39. The molecule has 0 saturated heterocycles. The van der Waals surface area contributed by atoms with Crippen molar-refractivity contribution < 1.29 is 5.11 Å². The number of benzene rings is 1. The first-order valence-electron chi connectivity index (χ1n) is 5.60. The molecule has 0 aromatic heterocycles. The fourth-order valence-corrected chi connectivity index (χ4v) is 1.77. The zero-order valence-corrected chi connectivity index (χ0v) is 10.2. The summed E-state index contributed by atoms with van der Waals surface area (Å²) in [6, 6.07) is 8.53. The van der Waals surface area contributed by atoms with Crippen LogP contribution in [0.15, 0.2) is 24.3 Å². The molecule has 84 valence electrons. The highest BCUT2D eigenvalue weighted by molar-refractivity contribution is 5.22. The second-order valence-corrected chi connectivity index (χ2v) is 5.44. The molecule has 0 spiro atoms. The van der Waals surface area contributed by atoms with Crippen LogP contribution in [0.5, 0.6) is 0 Å². The fourth-order valence-electron chi connectivity index (χ4n) is 1.77. The average molecular weight is 206 g/mol. The van der Waals surface area contributed by atoms with Crippen molar-refractivity contribution in [1.82, 2.24) is 0 Å². The van der Waals surface area contributed by atoms with Gasteiger partial charge in [0, 0.05) is 6.61 Å². The van der Waals surface area contributed by atoms with Gasteiger partial charge in [-0.3, -0.25) is 0 Å². The minimum atomic E-state index is 0.165. The van der Waals surface area contributed by atoms with E-state index in [0.29, 0.717) is 5.92 Å². The van der Waals surface area contributed by atoms with Crippen LogP contribution in [-0.2, 0) is 6.42 Å². The van der Waals surface area contributed by atoms with Gasteiger partial charge >= 0.3 is 0 Å². The summed E-state index contributed by atoms with van der Waals surface area (Å²) in [5.74, 6) is 0.333. The normalized spacial score (nSPS) is 13.9. The van der Waals surface area contributed by atoms with Gasteiger partial charge in [-0.25, -0.2) is 0 Å². The molecule has 0 aliphatic rings. The van der Waals surface area contributed by atoms with E-state index in [2.05, 4.69) is 52.0 Å². The highest BCUT2D eigenvalue weighted by Crippen LogP contribution is 2.28. The van der Waals surface area contributed by atoms with Crippen molar-refractivity contribution in [3.63, 3.8) is 0 Å². The number of aryl methyl sites for hydroxylation is 1. The summed E-state index contributed by atoms with van der Waals surface area (Å²) in [5.41, 5.74) is 2.78. The van der Waals surface area contributed by atoms with Crippen LogP contribution >= 0.6 is 0 Å². The van der Waals surface area contributed by atoms with Crippen molar-refractivity contribution in [2.45, 2.75) is 34.1 Å². The van der Waals surface area contributed by atoms with Gasteiger partial charge in [-0.15, -0.1) is 0 Å². The molecule has 1 N–H and O–H groups in total. The van der Waals surface area contributed by atoms with Crippen molar-refractivity contribution in [2.24, 2.45) is 11.3 Å². The van der Waals surface area contributed by atoms with E-state index in [0.717, 1.165) is 6.42 Å². The van der Waals surface area contributed by atoms with Gasteiger partial charge in [0.25, 0.3) is 0 Å². The van der Waals surface area contributed by atoms with E-state index in [9.17, 15) is 5.11 Å². The summed E-state index contributed by atoms with van der Waals surface area (Å²) < 4.78 is 0. The molecule has 0 heterocycles. The topological polar surface area (TPSA) is 20.2 Å². The zero-order chi connectivity index (χ0) is 11.5. The molecule has 0 fully saturated rings. The van der Waals surface area contributed by atoms with Gasteiger partial charge in [0.2, 0.25) is 0 Å². The lowest BCUT2D eigenvalue weighted by Gasteiger charge is -2.29. The van der Waals surface area contributed by atoms with Crippen LogP contribution < -0.4 is 0 Å². The van der Waals surface area contributed by atoms with E-state index < -0.39 is 0 Å². The van der Waals surface area contributed by atoms with Crippen molar-refractivity contribution in [3.8, 4) is 0 Å². The van der Waals surface area contributed by atoms with Crippen LogP contribution in [0.3, 0.4) is 0 Å². The van der Waals surface area contributed by atoms with Crippen LogP contribution in [0.2, 0.25) is 0 Å². The third-order valence-electron chi connectivity index (χ3n) is 3.01. The standard InChI is InChI=1S/C14H22O/c1-11-6-5-7-12(8-11)9-13(10-15)14(2,3)4/h5-8,13,15H,9-10H2,1-4H3. The van der Waals surface area contributed by atoms with Gasteiger partial charge in [0.15, 0.2) is 0 Å². The van der Waals surface area contributed by atoms with E-state index in [1.807, 2.05) is 0 Å². The van der Waals surface area contributed by atoms with Crippen LogP contribution in [0.1, 0.15) is 31.9 Å². The van der Waals surface area contributed by atoms with E-state index in [1.165, 1.54) is 11.1 Å². The number of aliphatic hydroxyl groups is 1. The van der Waals surface area contributed by atoms with Crippen LogP contribution in [0.25, 0.3) is 0 Å². The Balaban J connectivity index is 2.76. The Labute approximate surface area is 93.1 Å². The Kier molecular flexibility index (Phi) is 3.92. The third kappa shape index (κ3) is 3.67. The Morgan fingerprint density at radius 2 is 1.93 bits per heavy atom. The van der Waals surface area contributed by atoms with Crippen LogP contribution in [0, 0.1) is 18.3 Å². The Bertz CT molecular complexity index is 309. The number of hydrogen-bond acceptors (Lipinski definition) is 1. The second-order valence-electron chi connectivity index (χ2n) is 5.44. The quantitative estimate of drug-likeness (QED) is 0.805. The van der Waals surface area contributed by atoms with Gasteiger partial charge in [0.1, 0.15) is 0 Å². The minimum absolute atomic E-state index is 0.165. The fraction of sp³-hybridized carbons (Fsp3) is 0.571. The molecular formula is C14H22O. The summed E-state index contributed by atoms with van der Waals surface area (Å²) in [4.78, 5) is 0. The molecule has 0 bridgehead atoms. The summed E-state index contributed by atoms with van der Waals surface area (Å²) in [6.45, 7) is 8.92. The average Bonchev–Trinajstić information content (AvgIpc) is 2.12. The molecule has 1 heteroatoms. The van der Waals surface area contributed by atoms with Gasteiger partial charge in [-0.05, 0) is 30.2 Å². The van der Waals surface area contributed by atoms with Gasteiger partial charge < -0.3 is 5.11 Å². The molecule has 0 aliphatic carbocycles. The molecule has 1 rings (SSSR count). The SMILES string of the molecule is Cc1cccc(CC(CO)C(C)(C)C)c1. The highest BCUT2D eigenvalue weighted by atomic mass is 16.3. The molecule has 1 aromatic rings. The molecule has 1 aromatic carbocycles. The molecular weight excluding hydrogens is 184 g/mol. The Morgan fingerprint density at radius 3 is 2.40 bits per heavy atom. The molecule has 0 radical (unpaired) electrons. The summed E-state index contributed by atoms with van der Waals surface area (Å²) >= 11 is 0. The first-order valence-corrected chi connectivity index (χ1v) is 5.60. The van der Waals surface area contributed by atoms with Gasteiger partial charge in [-0.2, -0.15) is 0 Å². The molecule has 1 unspecified atom stereocenters. The predicted octanol–water partition coefficient (Wildman–Crippen LogP) is 3.19. The van der Waals surface area contributed by atoms with Crippen molar-refractivity contribution in [1.29, 1.82) is 0 Å². The first-order chi connectivity index (χ1) is 6.93. The number of rotatable bonds is 3. The third-order valence-corrected chi connectivity index (χ3v) is 3.01. The van der Waals surface area contributed by atoms with E-state index in [-0.39, 0.29) is 12.0 Å². The lowest BCUT2D eigenvalue weighted by molar-refractivity contribution is 0.131. The predicted molar refractivity (Wildman–Crippen MR) is 64.9 cm³/mol.